The van der Waals surface area contributed by atoms with Gasteiger partial charge in [0.05, 0.1) is 11.5 Å². The van der Waals surface area contributed by atoms with E-state index < -0.39 is 10.8 Å². The Morgan fingerprint density at radius 2 is 2.19 bits per heavy atom. The number of aromatic nitrogens is 3. The van der Waals surface area contributed by atoms with Gasteiger partial charge in [-0.25, -0.2) is 0 Å². The van der Waals surface area contributed by atoms with Gasteiger partial charge in [-0.3, -0.25) is 14.9 Å². The maximum Gasteiger partial charge on any atom is 0.282 e. The van der Waals surface area contributed by atoms with Crippen LogP contribution >= 0.6 is 0 Å². The van der Waals surface area contributed by atoms with E-state index in [0.717, 1.165) is 0 Å². The van der Waals surface area contributed by atoms with E-state index in [0.29, 0.717) is 24.6 Å². The molecule has 0 unspecified atom stereocenters. The van der Waals surface area contributed by atoms with Crippen LogP contribution in [0, 0.1) is 10.1 Å². The van der Waals surface area contributed by atoms with Crippen molar-refractivity contribution in [3.05, 3.63) is 46.0 Å². The molecule has 108 valence electrons. The van der Waals surface area contributed by atoms with Gasteiger partial charge in [-0.05, 0) is 12.1 Å². The zero-order valence-electron chi connectivity index (χ0n) is 11.0. The van der Waals surface area contributed by atoms with Crippen LogP contribution in [-0.2, 0) is 13.1 Å². The van der Waals surface area contributed by atoms with Crippen molar-refractivity contribution in [1.82, 2.24) is 19.7 Å². The maximum atomic E-state index is 12.5. The van der Waals surface area contributed by atoms with E-state index in [4.69, 9.17) is 5.73 Å². The number of nitrogens with zero attached hydrogens (tertiary/aromatic N) is 5. The number of hydrogen-bond acceptors (Lipinski definition) is 6. The van der Waals surface area contributed by atoms with Crippen LogP contribution in [-0.4, -0.2) is 37.0 Å². The molecular weight excluding hydrogens is 276 g/mol. The molecule has 0 radical (unpaired) electrons. The number of nitrogen functional groups attached to an aromatic ring is 1. The highest BCUT2D eigenvalue weighted by molar-refractivity contribution is 5.99. The molecule has 0 spiro atoms. The number of benzene rings is 1. The minimum Gasteiger partial charge on any atom is -0.399 e. The molecule has 0 bridgehead atoms. The summed E-state index contributed by atoms with van der Waals surface area (Å²) < 4.78 is 1.84. The lowest BCUT2D eigenvalue weighted by Crippen LogP contribution is -2.38. The van der Waals surface area contributed by atoms with E-state index in [9.17, 15) is 14.9 Å². The second-order valence-corrected chi connectivity index (χ2v) is 4.70. The Labute approximate surface area is 119 Å². The second kappa shape index (κ2) is 4.85. The van der Waals surface area contributed by atoms with E-state index >= 15 is 0 Å². The first-order valence-electron chi connectivity index (χ1n) is 6.26. The molecule has 1 amide bonds. The number of hydrogen-bond donors (Lipinski definition) is 1. The van der Waals surface area contributed by atoms with E-state index in [2.05, 4.69) is 10.2 Å². The summed E-state index contributed by atoms with van der Waals surface area (Å²) in [5.41, 5.74) is 5.69. The van der Waals surface area contributed by atoms with Gasteiger partial charge in [-0.1, -0.05) is 0 Å². The summed E-state index contributed by atoms with van der Waals surface area (Å²) >= 11 is 0. The Kier molecular flexibility index (Phi) is 3.01. The predicted molar refractivity (Wildman–Crippen MR) is 72.3 cm³/mol. The fourth-order valence-electron chi connectivity index (χ4n) is 2.29. The fourth-order valence-corrected chi connectivity index (χ4v) is 2.29. The first-order chi connectivity index (χ1) is 10.1. The lowest BCUT2D eigenvalue weighted by Gasteiger charge is -2.27. The number of nitrogens with two attached hydrogens (primary N) is 1. The van der Waals surface area contributed by atoms with E-state index in [1.165, 1.54) is 23.1 Å². The monoisotopic (exact) mass is 288 g/mol. The van der Waals surface area contributed by atoms with Crippen LogP contribution in [0.1, 0.15) is 16.2 Å². The molecule has 2 heterocycles. The number of carbonyl (C=O) groups excluding carboxylic acids is 1. The quantitative estimate of drug-likeness (QED) is 0.486. The lowest BCUT2D eigenvalue weighted by atomic mass is 10.1. The van der Waals surface area contributed by atoms with Crippen molar-refractivity contribution < 1.29 is 9.72 Å². The molecule has 0 atom stereocenters. The molecule has 9 heteroatoms. The van der Waals surface area contributed by atoms with Crippen molar-refractivity contribution >= 4 is 17.3 Å². The van der Waals surface area contributed by atoms with Gasteiger partial charge in [0, 0.05) is 24.8 Å². The minimum atomic E-state index is -0.584. The summed E-state index contributed by atoms with van der Waals surface area (Å²) in [5.74, 6) is 0.226. The average molecular weight is 288 g/mol. The van der Waals surface area contributed by atoms with Gasteiger partial charge >= 0.3 is 0 Å². The maximum absolute atomic E-state index is 12.5. The molecule has 9 nitrogen and oxygen atoms in total. The van der Waals surface area contributed by atoms with Crippen molar-refractivity contribution in [2.24, 2.45) is 0 Å². The largest absolute Gasteiger partial charge is 0.399 e. The summed E-state index contributed by atoms with van der Waals surface area (Å²) in [5, 5.41) is 18.7. The average Bonchev–Trinajstić information content (AvgIpc) is 2.93. The van der Waals surface area contributed by atoms with Crippen LogP contribution in [0.3, 0.4) is 0 Å². The van der Waals surface area contributed by atoms with Crippen molar-refractivity contribution in [3.63, 3.8) is 0 Å². The smallest absolute Gasteiger partial charge is 0.282 e. The summed E-state index contributed by atoms with van der Waals surface area (Å²) in [6.45, 7) is 1.27. The Hall–Kier alpha value is -2.97. The molecule has 21 heavy (non-hydrogen) atoms. The van der Waals surface area contributed by atoms with Crippen molar-refractivity contribution in [1.29, 1.82) is 0 Å². The first kappa shape index (κ1) is 13.0. The molecule has 0 aliphatic carbocycles. The van der Waals surface area contributed by atoms with Gasteiger partial charge < -0.3 is 15.2 Å². The zero-order valence-corrected chi connectivity index (χ0v) is 11.0. The van der Waals surface area contributed by atoms with Crippen LogP contribution in [0.15, 0.2) is 24.5 Å². The summed E-state index contributed by atoms with van der Waals surface area (Å²) in [7, 11) is 0. The molecule has 1 aliphatic heterocycles. The highest BCUT2D eigenvalue weighted by Crippen LogP contribution is 2.24. The van der Waals surface area contributed by atoms with E-state index in [1.54, 1.807) is 6.33 Å². The Morgan fingerprint density at radius 1 is 1.38 bits per heavy atom. The van der Waals surface area contributed by atoms with Crippen LogP contribution in [0.2, 0.25) is 0 Å². The highest BCUT2D eigenvalue weighted by Gasteiger charge is 2.28. The molecule has 2 N–H and O–H groups in total. The molecule has 2 aromatic rings. The highest BCUT2D eigenvalue weighted by atomic mass is 16.6. The molecule has 0 fully saturated rings. The molecule has 1 aromatic heterocycles. The van der Waals surface area contributed by atoms with Crippen LogP contribution in [0.25, 0.3) is 0 Å². The summed E-state index contributed by atoms with van der Waals surface area (Å²) in [4.78, 5) is 24.5. The van der Waals surface area contributed by atoms with Crippen LogP contribution in [0.5, 0.6) is 0 Å². The summed E-state index contributed by atoms with van der Waals surface area (Å²) in [6, 6.07) is 3.98. The molecule has 0 saturated carbocycles. The van der Waals surface area contributed by atoms with E-state index in [-0.39, 0.29) is 17.8 Å². The topological polar surface area (TPSA) is 120 Å². The lowest BCUT2D eigenvalue weighted by molar-refractivity contribution is -0.385. The van der Waals surface area contributed by atoms with Crippen LogP contribution < -0.4 is 5.73 Å². The number of rotatable bonds is 2. The van der Waals surface area contributed by atoms with Gasteiger partial charge in [-0.2, -0.15) is 0 Å². The number of carbonyl (C=O) groups is 1. The van der Waals surface area contributed by atoms with Gasteiger partial charge in [0.2, 0.25) is 0 Å². The van der Waals surface area contributed by atoms with Crippen molar-refractivity contribution in [2.75, 3.05) is 12.3 Å². The SMILES string of the molecule is Nc1ccc([N+](=O)[O-])c(C(=O)N2CCn3cnnc3C2)c1. The molecular formula is C12H12N6O3. The third-order valence-corrected chi connectivity index (χ3v) is 3.37. The zero-order chi connectivity index (χ0) is 15.0. The number of nitro groups is 1. The second-order valence-electron chi connectivity index (χ2n) is 4.70. The molecule has 0 saturated heterocycles. The molecule has 1 aromatic carbocycles. The van der Waals surface area contributed by atoms with Gasteiger partial charge in [0.1, 0.15) is 11.9 Å². The third kappa shape index (κ3) is 2.29. The number of nitro benzene ring substituents is 1. The Balaban J connectivity index is 1.93. The van der Waals surface area contributed by atoms with E-state index in [1.807, 2.05) is 4.57 Å². The Bertz CT molecular complexity index is 726. The number of amides is 1. The molecule has 3 rings (SSSR count). The number of fused-ring (bicyclic) bond motifs is 1. The first-order valence-corrected chi connectivity index (χ1v) is 6.26. The number of anilines is 1. The third-order valence-electron chi connectivity index (χ3n) is 3.37. The summed E-state index contributed by atoms with van der Waals surface area (Å²) in [6.07, 6.45) is 1.60. The van der Waals surface area contributed by atoms with Crippen molar-refractivity contribution in [2.45, 2.75) is 13.1 Å². The van der Waals surface area contributed by atoms with Crippen molar-refractivity contribution in [3.8, 4) is 0 Å². The minimum absolute atomic E-state index is 0.00651. The van der Waals surface area contributed by atoms with Gasteiger partial charge in [0.25, 0.3) is 11.6 Å². The fraction of sp³-hybridized carbons (Fsp3) is 0.250. The standard InChI is InChI=1S/C12H12N6O3/c13-8-1-2-10(18(20)21)9(5-8)12(19)16-3-4-17-7-14-15-11(17)6-16/h1-2,5,7H,3-4,6,13H2. The van der Waals surface area contributed by atoms with Crippen LogP contribution in [0.4, 0.5) is 11.4 Å². The van der Waals surface area contributed by atoms with Gasteiger partial charge in [0.15, 0.2) is 5.82 Å². The van der Waals surface area contributed by atoms with Gasteiger partial charge in [-0.15, -0.1) is 10.2 Å². The normalized spacial score (nSPS) is 13.8. The Morgan fingerprint density at radius 3 is 2.95 bits per heavy atom. The molecule has 1 aliphatic rings. The predicted octanol–water partition coefficient (Wildman–Crippen LogP) is 0.424.